The second-order valence-electron chi connectivity index (χ2n) is 3.39. The molecule has 92 valence electrons. The molecule has 1 aromatic carbocycles. The van der Waals surface area contributed by atoms with E-state index >= 15 is 0 Å². The van der Waals surface area contributed by atoms with Crippen LogP contribution >= 0.6 is 11.6 Å². The summed E-state index contributed by atoms with van der Waals surface area (Å²) in [7, 11) is 0. The van der Waals surface area contributed by atoms with Crippen molar-refractivity contribution in [2.45, 2.75) is 0 Å². The molecule has 0 saturated heterocycles. The number of aromatic nitrogens is 1. The molecular formula is C11H7ClN3O3-. The molecule has 0 fully saturated rings. The van der Waals surface area contributed by atoms with Crippen LogP contribution in [0.1, 0.15) is 0 Å². The molecule has 0 aliphatic rings. The molecule has 0 spiro atoms. The van der Waals surface area contributed by atoms with Crippen LogP contribution in [0.3, 0.4) is 0 Å². The molecule has 2 rings (SSSR count). The lowest BCUT2D eigenvalue weighted by Gasteiger charge is -2.29. The summed E-state index contributed by atoms with van der Waals surface area (Å²) in [6, 6.07) is 7.20. The average Bonchev–Trinajstić information content (AvgIpc) is 2.39. The normalized spacial score (nSPS) is 10.1. The molecule has 18 heavy (non-hydrogen) atoms. The van der Waals surface area contributed by atoms with E-state index in [-0.39, 0.29) is 17.1 Å². The SMILES string of the molecule is O=[N+]([O-])c1ccncc1N([O-])c1ccc(Cl)cc1. The van der Waals surface area contributed by atoms with Crippen molar-refractivity contribution < 1.29 is 4.92 Å². The molecule has 0 saturated carbocycles. The van der Waals surface area contributed by atoms with E-state index in [0.29, 0.717) is 10.1 Å². The maximum absolute atomic E-state index is 12.0. The van der Waals surface area contributed by atoms with Crippen LogP contribution < -0.4 is 5.06 Å². The Labute approximate surface area is 107 Å². The van der Waals surface area contributed by atoms with E-state index in [1.54, 1.807) is 0 Å². The second-order valence-corrected chi connectivity index (χ2v) is 3.83. The number of hydrogen-bond donors (Lipinski definition) is 0. The van der Waals surface area contributed by atoms with Crippen LogP contribution in [0.5, 0.6) is 0 Å². The van der Waals surface area contributed by atoms with E-state index in [9.17, 15) is 15.3 Å². The Kier molecular flexibility index (Phi) is 3.40. The number of benzene rings is 1. The molecule has 0 radical (unpaired) electrons. The molecule has 7 heteroatoms. The molecule has 0 aliphatic carbocycles. The van der Waals surface area contributed by atoms with Crippen molar-refractivity contribution in [1.29, 1.82) is 0 Å². The maximum Gasteiger partial charge on any atom is 0.295 e. The third kappa shape index (κ3) is 2.39. The van der Waals surface area contributed by atoms with Crippen molar-refractivity contribution in [3.05, 3.63) is 63.1 Å². The molecule has 2 aromatic rings. The summed E-state index contributed by atoms with van der Waals surface area (Å²) in [5, 5.41) is 23.7. The van der Waals surface area contributed by atoms with E-state index in [0.717, 1.165) is 6.20 Å². The van der Waals surface area contributed by atoms with Gasteiger partial charge in [0.1, 0.15) is 5.69 Å². The highest BCUT2D eigenvalue weighted by atomic mass is 35.5. The largest absolute Gasteiger partial charge is 0.754 e. The molecule has 0 atom stereocenters. The van der Waals surface area contributed by atoms with Gasteiger partial charge in [0.15, 0.2) is 0 Å². The minimum atomic E-state index is -0.627. The van der Waals surface area contributed by atoms with Gasteiger partial charge in [0.05, 0.1) is 11.1 Å². The van der Waals surface area contributed by atoms with Crippen LogP contribution in [0, 0.1) is 15.3 Å². The maximum atomic E-state index is 12.0. The predicted molar refractivity (Wildman–Crippen MR) is 67.8 cm³/mol. The lowest BCUT2D eigenvalue weighted by Crippen LogP contribution is -2.09. The first-order chi connectivity index (χ1) is 8.59. The molecule has 0 bridgehead atoms. The number of hydrogen-bond acceptors (Lipinski definition) is 5. The van der Waals surface area contributed by atoms with Gasteiger partial charge in [0.2, 0.25) is 0 Å². The highest BCUT2D eigenvalue weighted by Gasteiger charge is 2.15. The van der Waals surface area contributed by atoms with Crippen molar-refractivity contribution in [3.8, 4) is 0 Å². The fourth-order valence-electron chi connectivity index (χ4n) is 1.41. The first-order valence-corrected chi connectivity index (χ1v) is 5.28. The van der Waals surface area contributed by atoms with Gasteiger partial charge >= 0.3 is 0 Å². The third-order valence-electron chi connectivity index (χ3n) is 2.25. The summed E-state index contributed by atoms with van der Waals surface area (Å²) < 4.78 is 0. The Morgan fingerprint density at radius 2 is 1.89 bits per heavy atom. The fraction of sp³-hybridized carbons (Fsp3) is 0. The third-order valence-corrected chi connectivity index (χ3v) is 2.51. The van der Waals surface area contributed by atoms with Crippen molar-refractivity contribution in [1.82, 2.24) is 4.98 Å². The number of nitrogens with zero attached hydrogens (tertiary/aromatic N) is 3. The van der Waals surface area contributed by atoms with Gasteiger partial charge in [-0.1, -0.05) is 11.6 Å². The Bertz CT molecular complexity index is 574. The van der Waals surface area contributed by atoms with Crippen LogP contribution in [0.2, 0.25) is 5.02 Å². The Morgan fingerprint density at radius 1 is 1.22 bits per heavy atom. The standard InChI is InChI=1S/C11H7ClN3O3/c12-8-1-3-9(4-2-8)14(16)11-7-13-6-5-10(11)15(17)18/h1-7H/q-1. The molecular weight excluding hydrogens is 258 g/mol. The van der Waals surface area contributed by atoms with Gasteiger partial charge in [0, 0.05) is 23.0 Å². The van der Waals surface area contributed by atoms with Crippen LogP contribution in [0.4, 0.5) is 17.1 Å². The first-order valence-electron chi connectivity index (χ1n) is 4.91. The molecule has 0 amide bonds. The zero-order valence-electron chi connectivity index (χ0n) is 8.99. The number of pyridine rings is 1. The van der Waals surface area contributed by atoms with E-state index in [4.69, 9.17) is 11.6 Å². The van der Waals surface area contributed by atoms with E-state index in [1.165, 1.54) is 36.5 Å². The summed E-state index contributed by atoms with van der Waals surface area (Å²) in [6.45, 7) is 0. The fourth-order valence-corrected chi connectivity index (χ4v) is 1.53. The van der Waals surface area contributed by atoms with Gasteiger partial charge in [-0.25, -0.2) is 0 Å². The zero-order chi connectivity index (χ0) is 13.1. The number of nitro groups is 1. The van der Waals surface area contributed by atoms with Crippen LogP contribution in [0.25, 0.3) is 0 Å². The van der Waals surface area contributed by atoms with Crippen LogP contribution in [-0.2, 0) is 0 Å². The Balaban J connectivity index is 2.42. The quantitative estimate of drug-likeness (QED) is 0.627. The van der Waals surface area contributed by atoms with Crippen molar-refractivity contribution in [3.63, 3.8) is 0 Å². The van der Waals surface area contributed by atoms with Gasteiger partial charge < -0.3 is 10.3 Å². The highest BCUT2D eigenvalue weighted by molar-refractivity contribution is 6.30. The molecule has 1 heterocycles. The lowest BCUT2D eigenvalue weighted by atomic mass is 10.3. The second kappa shape index (κ2) is 4.99. The van der Waals surface area contributed by atoms with E-state index in [1.807, 2.05) is 0 Å². The Hall–Kier alpha value is -2.18. The van der Waals surface area contributed by atoms with Gasteiger partial charge in [-0.15, -0.1) is 0 Å². The predicted octanol–water partition coefficient (Wildman–Crippen LogP) is 3.28. The molecule has 0 unspecified atom stereocenters. The number of anilines is 2. The average molecular weight is 265 g/mol. The topological polar surface area (TPSA) is 82.3 Å². The molecule has 0 N–H and O–H groups in total. The zero-order valence-corrected chi connectivity index (χ0v) is 9.74. The van der Waals surface area contributed by atoms with Crippen molar-refractivity contribution in [2.24, 2.45) is 0 Å². The van der Waals surface area contributed by atoms with Crippen molar-refractivity contribution >= 4 is 28.7 Å². The Morgan fingerprint density at radius 3 is 2.50 bits per heavy atom. The summed E-state index contributed by atoms with van der Waals surface area (Å²) in [4.78, 5) is 13.9. The highest BCUT2D eigenvalue weighted by Crippen LogP contribution is 2.32. The number of rotatable bonds is 3. The van der Waals surface area contributed by atoms with Gasteiger partial charge in [0.25, 0.3) is 5.69 Å². The summed E-state index contributed by atoms with van der Waals surface area (Å²) in [5.41, 5.74) is -0.171. The van der Waals surface area contributed by atoms with E-state index in [2.05, 4.69) is 4.98 Å². The van der Waals surface area contributed by atoms with E-state index < -0.39 is 4.92 Å². The lowest BCUT2D eigenvalue weighted by molar-refractivity contribution is -0.384. The smallest absolute Gasteiger partial charge is 0.295 e. The van der Waals surface area contributed by atoms with Gasteiger partial charge in [-0.05, 0) is 24.3 Å². The summed E-state index contributed by atoms with van der Waals surface area (Å²) >= 11 is 5.70. The van der Waals surface area contributed by atoms with Crippen molar-refractivity contribution in [2.75, 3.05) is 5.06 Å². The number of halogens is 1. The first kappa shape index (κ1) is 12.3. The summed E-state index contributed by atoms with van der Waals surface area (Å²) in [5.74, 6) is 0. The summed E-state index contributed by atoms with van der Waals surface area (Å²) in [6.07, 6.45) is 2.41. The van der Waals surface area contributed by atoms with Crippen LogP contribution in [-0.4, -0.2) is 9.91 Å². The van der Waals surface area contributed by atoms with Crippen LogP contribution in [0.15, 0.2) is 42.7 Å². The monoisotopic (exact) mass is 264 g/mol. The molecule has 6 nitrogen and oxygen atoms in total. The molecule has 1 aromatic heterocycles. The molecule has 0 aliphatic heterocycles. The minimum Gasteiger partial charge on any atom is -0.754 e. The van der Waals surface area contributed by atoms with Gasteiger partial charge in [-0.2, -0.15) is 0 Å². The van der Waals surface area contributed by atoms with Gasteiger partial charge in [-0.3, -0.25) is 15.1 Å². The minimum absolute atomic E-state index is 0.121.